The second kappa shape index (κ2) is 18.7. The fraction of sp³-hybridized carbons (Fsp3) is 0.143. The zero-order valence-corrected chi connectivity index (χ0v) is 37.5. The Labute approximate surface area is 314 Å². The second-order valence-electron chi connectivity index (χ2n) is 13.6. The average Bonchev–Trinajstić information content (AvgIpc) is 3.07. The van der Waals surface area contributed by atoms with Crippen LogP contribution in [0.5, 0.6) is 0 Å². The van der Waals surface area contributed by atoms with Crippen molar-refractivity contribution in [2.45, 2.75) is 39.3 Å². The van der Waals surface area contributed by atoms with Gasteiger partial charge in [0.25, 0.3) is 0 Å². The minimum Gasteiger partial charge on any atom is -0.668 e. The quantitative estimate of drug-likeness (QED) is 0.0976. The molecule has 0 aromatic heterocycles. The molecule has 0 aliphatic rings. The summed E-state index contributed by atoms with van der Waals surface area (Å²) < 4.78 is 4.82. The Morgan fingerprint density at radius 1 is 0.367 bits per heavy atom. The molecule has 0 aliphatic carbocycles. The summed E-state index contributed by atoms with van der Waals surface area (Å²) in [5, 5.41) is 11.3. The minimum absolute atomic E-state index is 0. The molecule has 0 fully saturated rings. The summed E-state index contributed by atoms with van der Waals surface area (Å²) in [5.74, 6) is 0. The van der Waals surface area contributed by atoms with E-state index in [9.17, 15) is 0 Å². The number of hydrogen-bond acceptors (Lipinski definition) is 0. The standard InChI is InChI=1S/C36H29P3.C6H18NSi2.Zn/c1-5-17-29(18-6-1)38(30-19-7-2-8-20-30)35-27-15-13-25-33(35)37-34-26-14-16-28-36(34)39(31-21-9-3-10-22-31)32-23-11-4-12-24-32;1-8(2,3)7-9(4,5)6;/h1-28,37H;1-6H3;/q;-1;. The van der Waals surface area contributed by atoms with E-state index in [0.717, 1.165) is 0 Å². The molecule has 0 bridgehead atoms. The molecule has 0 heterocycles. The summed E-state index contributed by atoms with van der Waals surface area (Å²) in [6.07, 6.45) is 0. The van der Waals surface area contributed by atoms with Gasteiger partial charge in [0.2, 0.25) is 0 Å². The van der Waals surface area contributed by atoms with Crippen molar-refractivity contribution in [3.05, 3.63) is 175 Å². The first-order chi connectivity index (χ1) is 23.1. The zero-order chi connectivity index (χ0) is 34.0. The molecule has 0 N–H and O–H groups in total. The normalized spacial score (nSPS) is 11.4. The maximum absolute atomic E-state index is 4.82. The van der Waals surface area contributed by atoms with Crippen molar-refractivity contribution in [3.63, 3.8) is 0 Å². The monoisotopic (exact) mass is 778 g/mol. The third-order valence-corrected chi connectivity index (χ3v) is 19.5. The maximum Gasteiger partial charge on any atom is 0 e. The molecule has 0 spiro atoms. The van der Waals surface area contributed by atoms with Gasteiger partial charge in [-0.1, -0.05) is 234 Å². The van der Waals surface area contributed by atoms with Gasteiger partial charge in [-0.25, -0.2) is 0 Å². The van der Waals surface area contributed by atoms with E-state index in [4.69, 9.17) is 4.65 Å². The molecule has 0 atom stereocenters. The first-order valence-corrected chi connectivity index (χ1v) is 27.2. The van der Waals surface area contributed by atoms with Crippen LogP contribution in [-0.4, -0.2) is 16.5 Å². The van der Waals surface area contributed by atoms with Gasteiger partial charge >= 0.3 is 0 Å². The minimum atomic E-state index is -1.11. The molecule has 0 saturated heterocycles. The molecular weight excluding hydrogens is 733 g/mol. The van der Waals surface area contributed by atoms with Crippen molar-refractivity contribution in [2.75, 3.05) is 0 Å². The molecule has 6 rings (SSSR count). The predicted octanol–water partition coefficient (Wildman–Crippen LogP) is 8.86. The molecule has 246 valence electrons. The molecule has 1 nitrogen and oxygen atoms in total. The Morgan fingerprint density at radius 2 is 0.612 bits per heavy atom. The predicted molar refractivity (Wildman–Crippen MR) is 228 cm³/mol. The van der Waals surface area contributed by atoms with Gasteiger partial charge in [0, 0.05) is 19.5 Å². The average molecular weight is 780 g/mol. The van der Waals surface area contributed by atoms with Crippen molar-refractivity contribution in [1.82, 2.24) is 0 Å². The van der Waals surface area contributed by atoms with Gasteiger partial charge in [0.15, 0.2) is 0 Å². The van der Waals surface area contributed by atoms with Gasteiger partial charge in [0.05, 0.1) is 0 Å². The molecule has 0 aliphatic heterocycles. The third-order valence-electron chi connectivity index (χ3n) is 7.29. The number of rotatable bonds is 10. The summed E-state index contributed by atoms with van der Waals surface area (Å²) in [6.45, 7) is 13.8. The smallest absolute Gasteiger partial charge is 0 e. The fourth-order valence-corrected chi connectivity index (χ4v) is 20.7. The SMILES string of the molecule is C[Si](C)(C)[N-][Si](C)(C)C.[Zn].c1ccc(P(c2ccccc2)c2ccccc2Pc2ccccc2P(c2ccccc2)c2ccccc2)cc1. The van der Waals surface area contributed by atoms with Crippen LogP contribution >= 0.6 is 24.4 Å². The van der Waals surface area contributed by atoms with E-state index in [-0.39, 0.29) is 19.5 Å². The van der Waals surface area contributed by atoms with E-state index < -0.39 is 32.3 Å². The first-order valence-electron chi connectivity index (χ1n) is 16.6. The van der Waals surface area contributed by atoms with E-state index in [1.54, 1.807) is 0 Å². The van der Waals surface area contributed by atoms with Crippen molar-refractivity contribution in [3.8, 4) is 0 Å². The Balaban J connectivity index is 0.000000478. The van der Waals surface area contributed by atoms with E-state index in [1.807, 2.05) is 0 Å². The Bertz CT molecular complexity index is 1630. The molecule has 0 radical (unpaired) electrons. The third kappa shape index (κ3) is 11.8. The Hall–Kier alpha value is -2.37. The Morgan fingerprint density at radius 3 is 0.857 bits per heavy atom. The number of benzene rings is 6. The van der Waals surface area contributed by atoms with Gasteiger partial charge in [-0.05, 0) is 58.3 Å². The van der Waals surface area contributed by atoms with E-state index in [1.165, 1.54) is 42.4 Å². The molecule has 7 heteroatoms. The molecule has 0 amide bonds. The van der Waals surface area contributed by atoms with Crippen LogP contribution in [0.25, 0.3) is 4.65 Å². The number of nitrogens with zero attached hydrogens (tertiary/aromatic N) is 1. The van der Waals surface area contributed by atoms with Gasteiger partial charge in [-0.3, -0.25) is 0 Å². The van der Waals surface area contributed by atoms with Crippen LogP contribution in [0, 0.1) is 0 Å². The molecule has 0 saturated carbocycles. The van der Waals surface area contributed by atoms with E-state index in [2.05, 4.69) is 209 Å². The molecule has 0 unspecified atom stereocenters. The summed E-state index contributed by atoms with van der Waals surface area (Å²) in [6, 6.07) is 62.3. The van der Waals surface area contributed by atoms with Gasteiger partial charge in [0.1, 0.15) is 0 Å². The van der Waals surface area contributed by atoms with Gasteiger partial charge < -0.3 is 4.65 Å². The van der Waals surface area contributed by atoms with Crippen molar-refractivity contribution in [1.29, 1.82) is 0 Å². The Kier molecular flexibility index (Phi) is 15.1. The van der Waals surface area contributed by atoms with Gasteiger partial charge in [-0.2, -0.15) is 0 Å². The fourth-order valence-electron chi connectivity index (χ4n) is 5.86. The largest absolute Gasteiger partial charge is 0.668 e. The summed E-state index contributed by atoms with van der Waals surface area (Å²) in [4.78, 5) is 0. The number of hydrogen-bond donors (Lipinski definition) is 0. The van der Waals surface area contributed by atoms with Crippen LogP contribution in [0.1, 0.15) is 0 Å². The first kappa shape index (κ1) is 39.4. The molecule has 6 aromatic carbocycles. The van der Waals surface area contributed by atoms with Crippen molar-refractivity contribution in [2.24, 2.45) is 0 Å². The van der Waals surface area contributed by atoms with Crippen LogP contribution in [0.2, 0.25) is 39.3 Å². The van der Waals surface area contributed by atoms with Crippen LogP contribution in [0.3, 0.4) is 0 Å². The summed E-state index contributed by atoms with van der Waals surface area (Å²) >= 11 is 0. The van der Waals surface area contributed by atoms with Crippen molar-refractivity contribution >= 4 is 83.3 Å². The van der Waals surface area contributed by atoms with E-state index >= 15 is 0 Å². The summed E-state index contributed by atoms with van der Waals surface area (Å²) in [7, 11) is -2.97. The van der Waals surface area contributed by atoms with E-state index in [0.29, 0.717) is 8.58 Å². The van der Waals surface area contributed by atoms with Crippen LogP contribution in [0.15, 0.2) is 170 Å². The zero-order valence-electron chi connectivity index (χ0n) is 29.7. The summed E-state index contributed by atoms with van der Waals surface area (Å²) in [5.41, 5.74) is 0. The van der Waals surface area contributed by atoms with Crippen LogP contribution < -0.4 is 42.4 Å². The molecule has 6 aromatic rings. The van der Waals surface area contributed by atoms with Crippen LogP contribution in [0.4, 0.5) is 0 Å². The molecule has 49 heavy (non-hydrogen) atoms. The van der Waals surface area contributed by atoms with Gasteiger partial charge in [-0.15, -0.1) is 0 Å². The van der Waals surface area contributed by atoms with Crippen molar-refractivity contribution < 1.29 is 19.5 Å². The topological polar surface area (TPSA) is 14.1 Å². The second-order valence-corrected chi connectivity index (χ2v) is 28.9. The molecular formula is C42H47NP3Si2Zn-. The van der Waals surface area contributed by atoms with Crippen LogP contribution in [-0.2, 0) is 19.5 Å². The maximum atomic E-state index is 4.82.